The molecule has 0 bridgehead atoms. The Hall–Kier alpha value is -3.04. The number of hydrogen-bond acceptors (Lipinski definition) is 2. The minimum Gasteiger partial charge on any atom is -0.489 e. The van der Waals surface area contributed by atoms with E-state index in [1.165, 1.54) is 11.6 Å². The molecule has 0 aliphatic rings. The SMILES string of the molecule is Cc1ccc(CNC(=O)C=Cc2ccc(OCc3cccc(Cl)c3)cc2)cc1. The Balaban J connectivity index is 1.47. The molecule has 3 aromatic carbocycles. The minimum atomic E-state index is -0.123. The van der Waals surface area contributed by atoms with Crippen LogP contribution in [-0.4, -0.2) is 5.91 Å². The zero-order valence-corrected chi connectivity index (χ0v) is 16.4. The van der Waals surface area contributed by atoms with E-state index in [0.29, 0.717) is 18.2 Å². The molecule has 0 saturated carbocycles. The molecule has 0 aliphatic heterocycles. The predicted octanol–water partition coefficient (Wildman–Crippen LogP) is 5.56. The maximum atomic E-state index is 12.0. The predicted molar refractivity (Wildman–Crippen MR) is 114 cm³/mol. The van der Waals surface area contributed by atoms with Crippen molar-refractivity contribution in [3.8, 4) is 5.75 Å². The summed E-state index contributed by atoms with van der Waals surface area (Å²) in [7, 11) is 0. The highest BCUT2D eigenvalue weighted by Gasteiger charge is 1.99. The van der Waals surface area contributed by atoms with Gasteiger partial charge in [-0.25, -0.2) is 0 Å². The third kappa shape index (κ3) is 6.29. The summed E-state index contributed by atoms with van der Waals surface area (Å²) >= 11 is 5.98. The molecular weight excluding hydrogens is 370 g/mol. The average Bonchev–Trinajstić information content (AvgIpc) is 2.71. The molecule has 1 amide bonds. The molecule has 3 nitrogen and oxygen atoms in total. The summed E-state index contributed by atoms with van der Waals surface area (Å²) in [5, 5.41) is 3.58. The maximum absolute atomic E-state index is 12.0. The van der Waals surface area contributed by atoms with Crippen LogP contribution < -0.4 is 10.1 Å². The van der Waals surface area contributed by atoms with Crippen LogP contribution in [0.1, 0.15) is 22.3 Å². The van der Waals surface area contributed by atoms with Crippen molar-refractivity contribution in [1.82, 2.24) is 5.32 Å². The molecule has 0 fully saturated rings. The fourth-order valence-corrected chi connectivity index (χ4v) is 2.81. The number of benzene rings is 3. The Morgan fingerprint density at radius 2 is 1.75 bits per heavy atom. The molecule has 0 saturated heterocycles. The molecule has 3 rings (SSSR count). The zero-order valence-electron chi connectivity index (χ0n) is 15.7. The van der Waals surface area contributed by atoms with Crippen molar-refractivity contribution in [3.63, 3.8) is 0 Å². The second-order valence-electron chi connectivity index (χ2n) is 6.52. The number of ether oxygens (including phenoxy) is 1. The van der Waals surface area contributed by atoms with Crippen LogP contribution in [0.3, 0.4) is 0 Å². The van der Waals surface area contributed by atoms with Gasteiger partial charge in [0.05, 0.1) is 0 Å². The standard InChI is InChI=1S/C24H22ClNO2/c1-18-5-7-20(8-6-18)16-26-24(27)14-11-19-9-12-23(13-10-19)28-17-21-3-2-4-22(25)15-21/h2-15H,16-17H2,1H3,(H,26,27). The molecule has 1 N–H and O–H groups in total. The van der Waals surface area contributed by atoms with Crippen LogP contribution in [0.4, 0.5) is 0 Å². The first-order chi connectivity index (χ1) is 13.6. The van der Waals surface area contributed by atoms with Gasteiger partial charge in [0.2, 0.25) is 5.91 Å². The van der Waals surface area contributed by atoms with Crippen LogP contribution in [-0.2, 0) is 17.9 Å². The number of hydrogen-bond donors (Lipinski definition) is 1. The number of rotatable bonds is 7. The third-order valence-electron chi connectivity index (χ3n) is 4.19. The van der Waals surface area contributed by atoms with Crippen molar-refractivity contribution in [2.75, 3.05) is 0 Å². The van der Waals surface area contributed by atoms with E-state index < -0.39 is 0 Å². The highest BCUT2D eigenvalue weighted by atomic mass is 35.5. The summed E-state index contributed by atoms with van der Waals surface area (Å²) in [6.45, 7) is 3.01. The van der Waals surface area contributed by atoms with Crippen LogP contribution >= 0.6 is 11.6 Å². The van der Waals surface area contributed by atoms with Crippen LogP contribution in [0, 0.1) is 6.92 Å². The Bertz CT molecular complexity index is 947. The lowest BCUT2D eigenvalue weighted by Gasteiger charge is -2.07. The molecule has 0 aliphatic carbocycles. The molecule has 0 spiro atoms. The van der Waals surface area contributed by atoms with E-state index in [4.69, 9.17) is 16.3 Å². The Morgan fingerprint density at radius 1 is 1.00 bits per heavy atom. The fourth-order valence-electron chi connectivity index (χ4n) is 2.59. The summed E-state index contributed by atoms with van der Waals surface area (Å²) in [4.78, 5) is 12.0. The van der Waals surface area contributed by atoms with Crippen LogP contribution in [0.15, 0.2) is 78.9 Å². The monoisotopic (exact) mass is 391 g/mol. The van der Waals surface area contributed by atoms with Crippen molar-refractivity contribution in [2.45, 2.75) is 20.1 Å². The van der Waals surface area contributed by atoms with Gasteiger partial charge in [-0.2, -0.15) is 0 Å². The summed E-state index contributed by atoms with van der Waals surface area (Å²) < 4.78 is 5.76. The summed E-state index contributed by atoms with van der Waals surface area (Å²) in [5.41, 5.74) is 4.23. The Labute approximate surface area is 170 Å². The number of halogens is 1. The number of amides is 1. The highest BCUT2D eigenvalue weighted by Crippen LogP contribution is 2.17. The van der Waals surface area contributed by atoms with Gasteiger partial charge in [0.15, 0.2) is 0 Å². The molecule has 0 radical (unpaired) electrons. The molecule has 0 unspecified atom stereocenters. The summed E-state index contributed by atoms with van der Waals surface area (Å²) in [6.07, 6.45) is 3.32. The number of carbonyl (C=O) groups is 1. The number of carbonyl (C=O) groups excluding carboxylic acids is 1. The van der Waals surface area contributed by atoms with E-state index in [1.807, 2.05) is 79.7 Å². The lowest BCUT2D eigenvalue weighted by atomic mass is 10.1. The molecule has 28 heavy (non-hydrogen) atoms. The van der Waals surface area contributed by atoms with Crippen molar-refractivity contribution < 1.29 is 9.53 Å². The van der Waals surface area contributed by atoms with Crippen molar-refractivity contribution in [1.29, 1.82) is 0 Å². The van der Waals surface area contributed by atoms with Crippen LogP contribution in [0.2, 0.25) is 5.02 Å². The van der Waals surface area contributed by atoms with Gasteiger partial charge in [-0.05, 0) is 54.0 Å². The molecular formula is C24H22ClNO2. The van der Waals surface area contributed by atoms with Crippen molar-refractivity contribution >= 4 is 23.6 Å². The van der Waals surface area contributed by atoms with E-state index >= 15 is 0 Å². The van der Waals surface area contributed by atoms with E-state index in [1.54, 1.807) is 6.08 Å². The lowest BCUT2D eigenvalue weighted by molar-refractivity contribution is -0.116. The third-order valence-corrected chi connectivity index (χ3v) is 4.42. The van der Waals surface area contributed by atoms with Gasteiger partial charge in [0.25, 0.3) is 0 Å². The fraction of sp³-hybridized carbons (Fsp3) is 0.125. The molecule has 4 heteroatoms. The Kier molecular flexibility index (Phi) is 6.88. The van der Waals surface area contributed by atoms with Gasteiger partial charge in [0, 0.05) is 17.6 Å². The average molecular weight is 392 g/mol. The quantitative estimate of drug-likeness (QED) is 0.535. The largest absolute Gasteiger partial charge is 0.489 e. The van der Waals surface area contributed by atoms with Gasteiger partial charge >= 0.3 is 0 Å². The van der Waals surface area contributed by atoms with Crippen LogP contribution in [0.25, 0.3) is 6.08 Å². The van der Waals surface area contributed by atoms with Gasteiger partial charge in [0.1, 0.15) is 12.4 Å². The normalized spacial score (nSPS) is 10.8. The molecule has 0 aromatic heterocycles. The first kappa shape index (κ1) is 19.7. The molecule has 142 valence electrons. The van der Waals surface area contributed by atoms with Crippen LogP contribution in [0.5, 0.6) is 5.75 Å². The molecule has 3 aromatic rings. The first-order valence-corrected chi connectivity index (χ1v) is 9.45. The van der Waals surface area contributed by atoms with Crippen molar-refractivity contribution in [2.24, 2.45) is 0 Å². The zero-order chi connectivity index (χ0) is 19.8. The van der Waals surface area contributed by atoms with Gasteiger partial charge in [-0.15, -0.1) is 0 Å². The molecule has 0 heterocycles. The van der Waals surface area contributed by atoms with E-state index in [2.05, 4.69) is 5.32 Å². The van der Waals surface area contributed by atoms with Crippen molar-refractivity contribution in [3.05, 3.63) is 106 Å². The topological polar surface area (TPSA) is 38.3 Å². The van der Waals surface area contributed by atoms with E-state index in [9.17, 15) is 4.79 Å². The smallest absolute Gasteiger partial charge is 0.244 e. The summed E-state index contributed by atoms with van der Waals surface area (Å²) in [6, 6.07) is 23.3. The Morgan fingerprint density at radius 3 is 2.46 bits per heavy atom. The summed E-state index contributed by atoms with van der Waals surface area (Å²) in [5.74, 6) is 0.641. The lowest BCUT2D eigenvalue weighted by Crippen LogP contribution is -2.20. The maximum Gasteiger partial charge on any atom is 0.244 e. The van der Waals surface area contributed by atoms with E-state index in [-0.39, 0.29) is 5.91 Å². The molecule has 0 atom stereocenters. The van der Waals surface area contributed by atoms with Gasteiger partial charge in [-0.1, -0.05) is 65.7 Å². The second-order valence-corrected chi connectivity index (χ2v) is 6.96. The van der Waals surface area contributed by atoms with Gasteiger partial charge in [-0.3, -0.25) is 4.79 Å². The van der Waals surface area contributed by atoms with E-state index in [0.717, 1.165) is 22.4 Å². The van der Waals surface area contributed by atoms with Gasteiger partial charge < -0.3 is 10.1 Å². The number of aryl methyl sites for hydroxylation is 1. The minimum absolute atomic E-state index is 0.123. The highest BCUT2D eigenvalue weighted by molar-refractivity contribution is 6.30. The second kappa shape index (κ2) is 9.77. The number of nitrogens with one attached hydrogen (secondary N) is 1. The first-order valence-electron chi connectivity index (χ1n) is 9.07.